The highest BCUT2D eigenvalue weighted by Gasteiger charge is 2.61. The summed E-state index contributed by atoms with van der Waals surface area (Å²) in [7, 11) is -5.59. The second-order valence-corrected chi connectivity index (χ2v) is 19.8. The Bertz CT molecular complexity index is 1020. The van der Waals surface area contributed by atoms with Crippen LogP contribution in [0.5, 0.6) is 0 Å². The summed E-state index contributed by atoms with van der Waals surface area (Å²) in [6.07, 6.45) is 0.759. The Kier molecular flexibility index (Phi) is 8.66. The number of aromatic amines is 1. The number of aromatic nitrogens is 2. The van der Waals surface area contributed by atoms with Gasteiger partial charge in [0, 0.05) is 24.6 Å². The molecule has 0 aromatic carbocycles. The topological polar surface area (TPSA) is 116 Å². The van der Waals surface area contributed by atoms with Crippen molar-refractivity contribution < 1.29 is 17.7 Å². The van der Waals surface area contributed by atoms with E-state index >= 15 is 0 Å². The first-order chi connectivity index (χ1) is 16.4. The molecule has 3 rings (SSSR count). The molecule has 11 heteroatoms. The van der Waals surface area contributed by atoms with Crippen LogP contribution in [0.15, 0.2) is 21.9 Å². The summed E-state index contributed by atoms with van der Waals surface area (Å²) < 4.78 is 29.1. The molecule has 0 unspecified atom stereocenters. The predicted octanol–water partition coefficient (Wildman–Crippen LogP) is 4.31. The number of ether oxygens (including phenoxy) is 1. The molecular formula is C24H41N3O6Si2. The standard InChI is InChI=1S/C24H41N3O6Si2/c1-15(2)34(16(3)4)30-14-20-22(32-35(33-34,17(5)6)18(7)8)19(10-9-12-25)23(31-20)27-13-11-21(28)26-24(27)29/h11,13,15-20,22-23H,9-10,14H2,1-8H3,(H,26,28,29)/t19-,20-,22+,23-/m1/s1. The number of H-pyrrole nitrogens is 1. The molecule has 1 aromatic heterocycles. The molecule has 2 aliphatic heterocycles. The molecule has 4 atom stereocenters. The number of nitrogens with zero attached hydrogens (tertiary/aromatic N) is 2. The van der Waals surface area contributed by atoms with Crippen LogP contribution in [0.1, 0.15) is 74.5 Å². The van der Waals surface area contributed by atoms with Crippen LogP contribution >= 0.6 is 0 Å². The van der Waals surface area contributed by atoms with Crippen molar-refractivity contribution >= 4 is 17.1 Å². The second kappa shape index (κ2) is 10.8. The molecule has 2 aliphatic rings. The van der Waals surface area contributed by atoms with Gasteiger partial charge >= 0.3 is 22.8 Å². The minimum absolute atomic E-state index is 0.153. The molecular weight excluding hydrogens is 482 g/mol. The maximum Gasteiger partial charge on any atom is 0.335 e. The highest BCUT2D eigenvalue weighted by atomic mass is 28.5. The van der Waals surface area contributed by atoms with Crippen molar-refractivity contribution in [2.45, 2.75) is 109 Å². The molecule has 0 aliphatic carbocycles. The first kappa shape index (κ1) is 28.0. The van der Waals surface area contributed by atoms with E-state index in [2.05, 4.69) is 66.4 Å². The Hall–Kier alpha value is -1.56. The molecule has 0 radical (unpaired) electrons. The Morgan fingerprint density at radius 1 is 1.06 bits per heavy atom. The molecule has 3 heterocycles. The van der Waals surface area contributed by atoms with Gasteiger partial charge in [-0.15, -0.1) is 0 Å². The molecule has 1 N–H and O–H groups in total. The summed E-state index contributed by atoms with van der Waals surface area (Å²) in [4.78, 5) is 26.7. The summed E-state index contributed by atoms with van der Waals surface area (Å²) in [6, 6.07) is 3.53. The van der Waals surface area contributed by atoms with Gasteiger partial charge in [-0.05, 0) is 28.6 Å². The number of rotatable bonds is 7. The summed E-state index contributed by atoms with van der Waals surface area (Å²) in [6.45, 7) is 17.6. The molecule has 2 saturated heterocycles. The van der Waals surface area contributed by atoms with E-state index in [4.69, 9.17) is 17.7 Å². The van der Waals surface area contributed by atoms with Gasteiger partial charge in [0.05, 0.1) is 18.8 Å². The van der Waals surface area contributed by atoms with Gasteiger partial charge in [-0.2, -0.15) is 5.26 Å². The number of nitriles is 1. The van der Waals surface area contributed by atoms with Crippen LogP contribution in [0.3, 0.4) is 0 Å². The van der Waals surface area contributed by atoms with Gasteiger partial charge < -0.3 is 17.7 Å². The zero-order chi connectivity index (χ0) is 26.1. The van der Waals surface area contributed by atoms with E-state index in [1.165, 1.54) is 16.8 Å². The van der Waals surface area contributed by atoms with E-state index in [0.717, 1.165) is 0 Å². The zero-order valence-electron chi connectivity index (χ0n) is 22.2. The first-order valence-electron chi connectivity index (χ1n) is 12.7. The lowest BCUT2D eigenvalue weighted by atomic mass is 9.94. The van der Waals surface area contributed by atoms with Crippen LogP contribution in [0.4, 0.5) is 0 Å². The molecule has 196 valence electrons. The summed E-state index contributed by atoms with van der Waals surface area (Å²) in [5.74, 6) is -0.271. The van der Waals surface area contributed by atoms with Crippen molar-refractivity contribution in [3.8, 4) is 6.07 Å². The molecule has 2 fully saturated rings. The Labute approximate surface area is 210 Å². The van der Waals surface area contributed by atoms with E-state index in [1.807, 2.05) is 0 Å². The molecule has 0 spiro atoms. The third-order valence-corrected chi connectivity index (χ3v) is 17.8. The number of fused-ring (bicyclic) bond motifs is 1. The molecule has 0 bridgehead atoms. The fourth-order valence-electron chi connectivity index (χ4n) is 5.67. The maximum atomic E-state index is 12.7. The van der Waals surface area contributed by atoms with Crippen LogP contribution in [0.25, 0.3) is 0 Å². The van der Waals surface area contributed by atoms with E-state index in [9.17, 15) is 14.9 Å². The maximum absolute atomic E-state index is 12.7. The van der Waals surface area contributed by atoms with Gasteiger partial charge in [-0.3, -0.25) is 14.3 Å². The SMILES string of the molecule is CC(C)[Si]1(C(C)C)OC[C@H]2O[C@@H](n3ccc(=O)[nH]c3=O)[C@H](CCC#N)[C@@H]2O[Si](C(C)C)(C(C)C)O1. The predicted molar refractivity (Wildman–Crippen MR) is 137 cm³/mol. The largest absolute Gasteiger partial charge is 0.414 e. The fourth-order valence-corrected chi connectivity index (χ4v) is 16.9. The van der Waals surface area contributed by atoms with Crippen LogP contribution in [-0.4, -0.2) is 45.5 Å². The van der Waals surface area contributed by atoms with Crippen LogP contribution in [0.2, 0.25) is 22.2 Å². The van der Waals surface area contributed by atoms with Crippen LogP contribution in [0, 0.1) is 17.2 Å². The number of hydrogen-bond donors (Lipinski definition) is 1. The average Bonchev–Trinajstić information content (AvgIpc) is 3.07. The third kappa shape index (κ3) is 5.15. The van der Waals surface area contributed by atoms with Crippen molar-refractivity contribution in [2.75, 3.05) is 6.61 Å². The lowest BCUT2D eigenvalue weighted by Crippen LogP contribution is -2.65. The van der Waals surface area contributed by atoms with Crippen molar-refractivity contribution in [1.82, 2.24) is 9.55 Å². The van der Waals surface area contributed by atoms with Gasteiger partial charge in [-0.1, -0.05) is 55.4 Å². The smallest absolute Gasteiger partial charge is 0.335 e. The number of hydrogen-bond acceptors (Lipinski definition) is 7. The fraction of sp³-hybridized carbons (Fsp3) is 0.792. The van der Waals surface area contributed by atoms with E-state index in [0.29, 0.717) is 19.4 Å². The van der Waals surface area contributed by atoms with Crippen molar-refractivity contribution in [2.24, 2.45) is 5.92 Å². The Morgan fingerprint density at radius 3 is 2.17 bits per heavy atom. The molecule has 0 saturated carbocycles. The quantitative estimate of drug-likeness (QED) is 0.529. The normalized spacial score (nSPS) is 28.2. The molecule has 1 aromatic rings. The number of nitrogens with one attached hydrogen (secondary N) is 1. The molecule has 0 amide bonds. The lowest BCUT2D eigenvalue weighted by molar-refractivity contribution is -0.0574. The minimum atomic E-state index is -2.87. The van der Waals surface area contributed by atoms with Crippen molar-refractivity contribution in [1.29, 1.82) is 5.26 Å². The average molecular weight is 524 g/mol. The van der Waals surface area contributed by atoms with E-state index in [-0.39, 0.29) is 28.1 Å². The second-order valence-electron chi connectivity index (χ2n) is 11.0. The van der Waals surface area contributed by atoms with Gasteiger partial charge in [0.25, 0.3) is 5.56 Å². The van der Waals surface area contributed by atoms with E-state index in [1.54, 1.807) is 0 Å². The zero-order valence-corrected chi connectivity index (χ0v) is 24.2. The highest BCUT2D eigenvalue weighted by molar-refractivity contribution is 6.83. The van der Waals surface area contributed by atoms with E-state index < -0.39 is 46.8 Å². The third-order valence-electron chi connectivity index (χ3n) is 7.52. The Morgan fingerprint density at radius 2 is 1.66 bits per heavy atom. The first-order valence-corrected chi connectivity index (χ1v) is 16.7. The van der Waals surface area contributed by atoms with Gasteiger partial charge in [-0.25, -0.2) is 4.79 Å². The lowest BCUT2D eigenvalue weighted by Gasteiger charge is -2.51. The van der Waals surface area contributed by atoms with Crippen LogP contribution < -0.4 is 11.2 Å². The monoisotopic (exact) mass is 523 g/mol. The highest BCUT2D eigenvalue weighted by Crippen LogP contribution is 2.50. The van der Waals surface area contributed by atoms with Crippen molar-refractivity contribution in [3.05, 3.63) is 33.1 Å². The minimum Gasteiger partial charge on any atom is -0.414 e. The van der Waals surface area contributed by atoms with Gasteiger partial charge in [0.2, 0.25) is 0 Å². The van der Waals surface area contributed by atoms with Crippen LogP contribution in [-0.2, 0) is 17.7 Å². The summed E-state index contributed by atoms with van der Waals surface area (Å²) >= 11 is 0. The van der Waals surface area contributed by atoms with Gasteiger partial charge in [0.1, 0.15) is 12.3 Å². The summed E-state index contributed by atoms with van der Waals surface area (Å²) in [5, 5.41) is 9.36. The summed E-state index contributed by atoms with van der Waals surface area (Å²) in [5.41, 5.74) is -0.282. The Balaban J connectivity index is 2.15. The van der Waals surface area contributed by atoms with Crippen molar-refractivity contribution in [3.63, 3.8) is 0 Å². The van der Waals surface area contributed by atoms with Gasteiger partial charge in [0.15, 0.2) is 0 Å². The molecule has 9 nitrogen and oxygen atoms in total. The molecule has 35 heavy (non-hydrogen) atoms.